The van der Waals surface area contributed by atoms with Crippen LogP contribution in [0, 0.1) is 0 Å². The Bertz CT molecular complexity index is 352. The third kappa shape index (κ3) is 2.99. The largest absolute Gasteiger partial charge is 0.311 e. The number of rotatable bonds is 5. The number of nitrogens with zero attached hydrogens (tertiary/aromatic N) is 1. The SMILES string of the molecule is CCCN(C(=O)CCl)c1ccccc1CC. The van der Waals surface area contributed by atoms with Crippen LogP contribution in [0.5, 0.6) is 0 Å². The number of carbonyl (C=O) groups excluding carboxylic acids is 1. The molecule has 3 heteroatoms. The molecule has 0 aliphatic heterocycles. The predicted molar refractivity (Wildman–Crippen MR) is 69.2 cm³/mol. The Morgan fingerprint density at radius 3 is 2.56 bits per heavy atom. The van der Waals surface area contributed by atoms with Crippen molar-refractivity contribution in [2.75, 3.05) is 17.3 Å². The minimum Gasteiger partial charge on any atom is -0.311 e. The van der Waals surface area contributed by atoms with Crippen LogP contribution in [0.3, 0.4) is 0 Å². The van der Waals surface area contributed by atoms with E-state index in [1.807, 2.05) is 18.2 Å². The Morgan fingerprint density at radius 2 is 2.00 bits per heavy atom. The van der Waals surface area contributed by atoms with Gasteiger partial charge in [-0.3, -0.25) is 4.79 Å². The van der Waals surface area contributed by atoms with Gasteiger partial charge in [-0.2, -0.15) is 0 Å². The first-order valence-electron chi connectivity index (χ1n) is 5.68. The summed E-state index contributed by atoms with van der Waals surface area (Å²) in [7, 11) is 0. The molecule has 1 aromatic rings. The van der Waals surface area contributed by atoms with E-state index in [0.29, 0.717) is 0 Å². The molecular formula is C13H18ClNO. The normalized spacial score (nSPS) is 10.2. The van der Waals surface area contributed by atoms with Crippen LogP contribution in [-0.4, -0.2) is 18.3 Å². The quantitative estimate of drug-likeness (QED) is 0.723. The number of alkyl halides is 1. The number of hydrogen-bond acceptors (Lipinski definition) is 1. The summed E-state index contributed by atoms with van der Waals surface area (Å²) in [4.78, 5) is 13.5. The molecule has 2 nitrogen and oxygen atoms in total. The maximum absolute atomic E-state index is 11.8. The van der Waals surface area contributed by atoms with Gasteiger partial charge in [0.1, 0.15) is 5.88 Å². The Labute approximate surface area is 102 Å². The molecule has 0 N–H and O–H groups in total. The third-order valence-corrected chi connectivity index (χ3v) is 2.75. The summed E-state index contributed by atoms with van der Waals surface area (Å²) >= 11 is 5.64. The Balaban J connectivity index is 3.04. The van der Waals surface area contributed by atoms with Gasteiger partial charge in [-0.15, -0.1) is 11.6 Å². The van der Waals surface area contributed by atoms with E-state index < -0.39 is 0 Å². The number of para-hydroxylation sites is 1. The number of halogens is 1. The number of hydrogen-bond donors (Lipinski definition) is 0. The lowest BCUT2D eigenvalue weighted by Gasteiger charge is -2.23. The first-order valence-corrected chi connectivity index (χ1v) is 6.22. The van der Waals surface area contributed by atoms with Gasteiger partial charge in [-0.1, -0.05) is 32.0 Å². The van der Waals surface area contributed by atoms with Gasteiger partial charge in [-0.25, -0.2) is 0 Å². The second-order valence-corrected chi connectivity index (χ2v) is 3.93. The third-order valence-electron chi connectivity index (χ3n) is 2.53. The highest BCUT2D eigenvalue weighted by molar-refractivity contribution is 6.29. The molecule has 0 spiro atoms. The monoisotopic (exact) mass is 239 g/mol. The van der Waals surface area contributed by atoms with Gasteiger partial charge >= 0.3 is 0 Å². The molecule has 0 bridgehead atoms. The molecule has 0 aliphatic carbocycles. The molecule has 0 heterocycles. The van der Waals surface area contributed by atoms with Crippen molar-refractivity contribution in [3.8, 4) is 0 Å². The number of benzene rings is 1. The molecule has 88 valence electrons. The number of carbonyl (C=O) groups is 1. The zero-order chi connectivity index (χ0) is 12.0. The van der Waals surface area contributed by atoms with Gasteiger partial charge in [0.15, 0.2) is 0 Å². The molecule has 0 saturated carbocycles. The second-order valence-electron chi connectivity index (χ2n) is 3.66. The maximum atomic E-state index is 11.8. The molecule has 0 aliphatic rings. The first kappa shape index (κ1) is 13.0. The summed E-state index contributed by atoms with van der Waals surface area (Å²) < 4.78 is 0. The van der Waals surface area contributed by atoms with Crippen LogP contribution in [0.4, 0.5) is 5.69 Å². The van der Waals surface area contributed by atoms with Crippen LogP contribution in [0.1, 0.15) is 25.8 Å². The highest BCUT2D eigenvalue weighted by Crippen LogP contribution is 2.21. The van der Waals surface area contributed by atoms with E-state index in [9.17, 15) is 4.79 Å². The molecule has 1 amide bonds. The molecule has 0 aromatic heterocycles. The van der Waals surface area contributed by atoms with Crippen molar-refractivity contribution >= 4 is 23.2 Å². The van der Waals surface area contributed by atoms with Crippen LogP contribution in [-0.2, 0) is 11.2 Å². The second kappa shape index (κ2) is 6.54. The summed E-state index contributed by atoms with van der Waals surface area (Å²) in [5.41, 5.74) is 2.19. The van der Waals surface area contributed by atoms with Gasteiger partial charge in [0.05, 0.1) is 0 Å². The van der Waals surface area contributed by atoms with Crippen molar-refractivity contribution in [1.29, 1.82) is 0 Å². The number of anilines is 1. The lowest BCUT2D eigenvalue weighted by atomic mass is 10.1. The summed E-state index contributed by atoms with van der Waals surface area (Å²) in [6.45, 7) is 4.87. The fraction of sp³-hybridized carbons (Fsp3) is 0.462. The van der Waals surface area contributed by atoms with Crippen LogP contribution in [0.15, 0.2) is 24.3 Å². The van der Waals surface area contributed by atoms with Crippen molar-refractivity contribution in [2.45, 2.75) is 26.7 Å². The van der Waals surface area contributed by atoms with Crippen molar-refractivity contribution in [3.63, 3.8) is 0 Å². The van der Waals surface area contributed by atoms with Crippen molar-refractivity contribution < 1.29 is 4.79 Å². The minimum atomic E-state index is -0.0237. The van der Waals surface area contributed by atoms with E-state index in [4.69, 9.17) is 11.6 Å². The maximum Gasteiger partial charge on any atom is 0.241 e. The lowest BCUT2D eigenvalue weighted by Crippen LogP contribution is -2.33. The molecule has 0 unspecified atom stereocenters. The minimum absolute atomic E-state index is 0.0237. The van der Waals surface area contributed by atoms with Gasteiger partial charge in [0.2, 0.25) is 5.91 Å². The van der Waals surface area contributed by atoms with Crippen LogP contribution >= 0.6 is 11.6 Å². The summed E-state index contributed by atoms with van der Waals surface area (Å²) in [5, 5.41) is 0. The average molecular weight is 240 g/mol. The van der Waals surface area contributed by atoms with Crippen molar-refractivity contribution in [2.24, 2.45) is 0 Å². The van der Waals surface area contributed by atoms with Crippen molar-refractivity contribution in [3.05, 3.63) is 29.8 Å². The van der Waals surface area contributed by atoms with E-state index in [1.165, 1.54) is 5.56 Å². The molecule has 16 heavy (non-hydrogen) atoms. The fourth-order valence-electron chi connectivity index (χ4n) is 1.75. The lowest BCUT2D eigenvalue weighted by molar-refractivity contribution is -0.116. The molecule has 1 rings (SSSR count). The Hall–Kier alpha value is -1.02. The number of aryl methyl sites for hydroxylation is 1. The zero-order valence-electron chi connectivity index (χ0n) is 9.87. The van der Waals surface area contributed by atoms with Gasteiger partial charge < -0.3 is 4.90 Å². The Kier molecular flexibility index (Phi) is 5.33. The number of amides is 1. The molecule has 0 fully saturated rings. The highest BCUT2D eigenvalue weighted by Gasteiger charge is 2.15. The Morgan fingerprint density at radius 1 is 1.31 bits per heavy atom. The van der Waals surface area contributed by atoms with E-state index in [1.54, 1.807) is 4.90 Å². The summed E-state index contributed by atoms with van der Waals surface area (Å²) in [6.07, 6.45) is 1.85. The zero-order valence-corrected chi connectivity index (χ0v) is 10.6. The molecule has 0 atom stereocenters. The average Bonchev–Trinajstić information content (AvgIpc) is 2.35. The van der Waals surface area contributed by atoms with Crippen LogP contribution in [0.25, 0.3) is 0 Å². The van der Waals surface area contributed by atoms with Gasteiger partial charge in [0, 0.05) is 12.2 Å². The van der Waals surface area contributed by atoms with Crippen LogP contribution < -0.4 is 4.90 Å². The summed E-state index contributed by atoms with van der Waals surface area (Å²) in [6, 6.07) is 7.99. The molecule has 1 aromatic carbocycles. The molecule has 0 radical (unpaired) electrons. The molecular weight excluding hydrogens is 222 g/mol. The summed E-state index contributed by atoms with van der Waals surface area (Å²) in [5.74, 6) is 0.0160. The van der Waals surface area contributed by atoms with E-state index in [0.717, 1.165) is 25.1 Å². The topological polar surface area (TPSA) is 20.3 Å². The van der Waals surface area contributed by atoms with Gasteiger partial charge in [-0.05, 0) is 24.5 Å². The highest BCUT2D eigenvalue weighted by atomic mass is 35.5. The van der Waals surface area contributed by atoms with Gasteiger partial charge in [0.25, 0.3) is 0 Å². The smallest absolute Gasteiger partial charge is 0.241 e. The standard InChI is InChI=1S/C13H18ClNO/c1-3-9-15(13(16)10-14)12-8-6-5-7-11(12)4-2/h5-8H,3-4,9-10H2,1-2H3. The fourth-order valence-corrected chi connectivity index (χ4v) is 1.89. The predicted octanol–water partition coefficient (Wildman–Crippen LogP) is 3.23. The van der Waals surface area contributed by atoms with Crippen molar-refractivity contribution in [1.82, 2.24) is 0 Å². The van der Waals surface area contributed by atoms with Crippen LogP contribution in [0.2, 0.25) is 0 Å². The van der Waals surface area contributed by atoms with E-state index >= 15 is 0 Å². The molecule has 0 saturated heterocycles. The first-order chi connectivity index (χ1) is 7.74. The van der Waals surface area contributed by atoms with E-state index in [-0.39, 0.29) is 11.8 Å². The van der Waals surface area contributed by atoms with E-state index in [2.05, 4.69) is 19.9 Å².